The average Bonchev–Trinajstić information content (AvgIpc) is 2.53. The highest BCUT2D eigenvalue weighted by molar-refractivity contribution is 5.35. The minimum atomic E-state index is -4.64. The van der Waals surface area contributed by atoms with Crippen molar-refractivity contribution >= 4 is 0 Å². The molecule has 96 valence electrons. The number of hydrogen-bond acceptors (Lipinski definition) is 2. The zero-order chi connectivity index (χ0) is 13.1. The summed E-state index contributed by atoms with van der Waals surface area (Å²) >= 11 is 0. The highest BCUT2D eigenvalue weighted by Gasteiger charge is 2.72. The molecule has 8 heteroatoms. The molecule has 1 atom stereocenters. The summed E-state index contributed by atoms with van der Waals surface area (Å²) in [6, 6.07) is 0.647. The van der Waals surface area contributed by atoms with Gasteiger partial charge in [-0.2, -0.15) is 18.3 Å². The van der Waals surface area contributed by atoms with Crippen molar-refractivity contribution in [3.63, 3.8) is 0 Å². The van der Waals surface area contributed by atoms with Gasteiger partial charge in [0.1, 0.15) is 0 Å². The van der Waals surface area contributed by atoms with Crippen LogP contribution in [0.25, 0.3) is 0 Å². The van der Waals surface area contributed by atoms with E-state index in [1.165, 1.54) is 7.05 Å². The molecule has 0 spiro atoms. The maximum atomic E-state index is 13.2. The van der Waals surface area contributed by atoms with E-state index < -0.39 is 36.2 Å². The summed E-state index contributed by atoms with van der Waals surface area (Å²) in [5.41, 5.74) is 2.22. The van der Waals surface area contributed by atoms with E-state index in [-0.39, 0.29) is 5.69 Å². The number of nitrogens with two attached hydrogens (primary N) is 1. The second kappa shape index (κ2) is 3.18. The summed E-state index contributed by atoms with van der Waals surface area (Å²) in [4.78, 5) is 0. The van der Waals surface area contributed by atoms with Crippen molar-refractivity contribution in [2.45, 2.75) is 23.9 Å². The fourth-order valence-electron chi connectivity index (χ4n) is 1.99. The number of aryl methyl sites for hydroxylation is 1. The summed E-state index contributed by atoms with van der Waals surface area (Å²) in [5, 5.41) is 3.20. The van der Waals surface area contributed by atoms with Crippen LogP contribution in [0.1, 0.15) is 17.8 Å². The molecule has 2 N–H and O–H groups in total. The lowest BCUT2D eigenvalue weighted by Crippen LogP contribution is -2.29. The van der Waals surface area contributed by atoms with Crippen LogP contribution in [0.5, 0.6) is 0 Å². The Balaban J connectivity index is 2.45. The third-order valence-electron chi connectivity index (χ3n) is 3.11. The van der Waals surface area contributed by atoms with Crippen molar-refractivity contribution in [3.05, 3.63) is 17.5 Å². The fourth-order valence-corrected chi connectivity index (χ4v) is 1.99. The molecular weight excluding hydrogens is 245 g/mol. The van der Waals surface area contributed by atoms with Gasteiger partial charge in [0.15, 0.2) is 5.69 Å². The number of aromatic nitrogens is 2. The predicted octanol–water partition coefficient (Wildman–Crippen LogP) is 1.67. The first-order valence-corrected chi connectivity index (χ1v) is 4.84. The smallest absolute Gasteiger partial charge is 0.329 e. The molecule has 0 bridgehead atoms. The Labute approximate surface area is 93.4 Å². The summed E-state index contributed by atoms with van der Waals surface area (Å²) < 4.78 is 64.4. The van der Waals surface area contributed by atoms with Crippen molar-refractivity contribution in [2.24, 2.45) is 12.8 Å². The van der Waals surface area contributed by atoms with Crippen LogP contribution >= 0.6 is 0 Å². The van der Waals surface area contributed by atoms with Gasteiger partial charge in [-0.3, -0.25) is 4.68 Å². The molecule has 1 aromatic heterocycles. The lowest BCUT2D eigenvalue weighted by atomic mass is 10.0. The number of halogens is 5. The molecule has 1 fully saturated rings. The van der Waals surface area contributed by atoms with Gasteiger partial charge in [0.05, 0.1) is 11.1 Å². The molecule has 0 aliphatic heterocycles. The maximum Gasteiger partial charge on any atom is 0.435 e. The maximum absolute atomic E-state index is 13.2. The van der Waals surface area contributed by atoms with E-state index in [1.807, 2.05) is 0 Å². The Morgan fingerprint density at radius 2 is 2.00 bits per heavy atom. The van der Waals surface area contributed by atoms with Crippen LogP contribution in [0.15, 0.2) is 6.07 Å². The Hall–Kier alpha value is -1.18. The molecule has 2 rings (SSSR count). The van der Waals surface area contributed by atoms with E-state index in [2.05, 4.69) is 5.10 Å². The molecule has 0 aromatic carbocycles. The monoisotopic (exact) mass is 255 g/mol. The van der Waals surface area contributed by atoms with Gasteiger partial charge < -0.3 is 5.73 Å². The minimum Gasteiger partial charge on any atom is -0.329 e. The predicted molar refractivity (Wildman–Crippen MR) is 48.5 cm³/mol. The second-order valence-electron chi connectivity index (χ2n) is 4.20. The third kappa shape index (κ3) is 1.62. The Morgan fingerprint density at radius 3 is 2.29 bits per heavy atom. The van der Waals surface area contributed by atoms with Crippen molar-refractivity contribution in [3.8, 4) is 0 Å². The van der Waals surface area contributed by atoms with E-state index in [0.29, 0.717) is 6.07 Å². The first kappa shape index (κ1) is 12.3. The Morgan fingerprint density at radius 1 is 1.47 bits per heavy atom. The normalized spacial score (nSPS) is 27.2. The van der Waals surface area contributed by atoms with Gasteiger partial charge in [-0.1, -0.05) is 0 Å². The molecule has 3 nitrogen and oxygen atoms in total. The summed E-state index contributed by atoms with van der Waals surface area (Å²) in [7, 11) is 1.20. The first-order valence-electron chi connectivity index (χ1n) is 4.84. The molecule has 17 heavy (non-hydrogen) atoms. The van der Waals surface area contributed by atoms with E-state index in [4.69, 9.17) is 5.73 Å². The lowest BCUT2D eigenvalue weighted by molar-refractivity contribution is -0.141. The molecule has 0 saturated heterocycles. The molecule has 1 aliphatic carbocycles. The quantitative estimate of drug-likeness (QED) is 0.817. The Bertz CT molecular complexity index is 450. The molecule has 0 amide bonds. The van der Waals surface area contributed by atoms with Crippen LogP contribution in [0.4, 0.5) is 22.0 Å². The summed E-state index contributed by atoms with van der Waals surface area (Å²) in [6.07, 6.45) is -5.18. The lowest BCUT2D eigenvalue weighted by Gasteiger charge is -2.13. The standard InChI is InChI=1S/C9H10F5N3/c1-17-6(2-5(16-17)9(12,13)14)7(4-15)3-8(7,10)11/h2H,3-4,15H2,1H3. The molecule has 1 aromatic rings. The van der Waals surface area contributed by atoms with Crippen molar-refractivity contribution in [2.75, 3.05) is 6.54 Å². The highest BCUT2D eigenvalue weighted by atomic mass is 19.4. The number of nitrogens with zero attached hydrogens (tertiary/aromatic N) is 2. The topological polar surface area (TPSA) is 43.8 Å². The molecule has 1 heterocycles. The van der Waals surface area contributed by atoms with Gasteiger partial charge in [0.25, 0.3) is 5.92 Å². The summed E-state index contributed by atoms with van der Waals surface area (Å²) in [5.74, 6) is -3.06. The minimum absolute atomic E-state index is 0.169. The third-order valence-corrected chi connectivity index (χ3v) is 3.11. The van der Waals surface area contributed by atoms with E-state index in [0.717, 1.165) is 4.68 Å². The van der Waals surface area contributed by atoms with E-state index >= 15 is 0 Å². The molecule has 1 aliphatic rings. The van der Waals surface area contributed by atoms with E-state index in [1.54, 1.807) is 0 Å². The van der Waals surface area contributed by atoms with Crippen LogP contribution in [-0.4, -0.2) is 22.2 Å². The number of rotatable bonds is 2. The first-order chi connectivity index (χ1) is 7.64. The molecule has 0 radical (unpaired) electrons. The van der Waals surface area contributed by atoms with Crippen molar-refractivity contribution in [1.82, 2.24) is 9.78 Å². The molecule has 1 saturated carbocycles. The van der Waals surface area contributed by atoms with E-state index in [9.17, 15) is 22.0 Å². The van der Waals surface area contributed by atoms with Gasteiger partial charge in [-0.05, 0) is 6.07 Å². The zero-order valence-corrected chi connectivity index (χ0v) is 8.85. The fraction of sp³-hybridized carbons (Fsp3) is 0.667. The number of hydrogen-bond donors (Lipinski definition) is 1. The largest absolute Gasteiger partial charge is 0.435 e. The Kier molecular flexibility index (Phi) is 2.30. The van der Waals surface area contributed by atoms with Gasteiger partial charge in [0.2, 0.25) is 0 Å². The van der Waals surface area contributed by atoms with Crippen LogP contribution < -0.4 is 5.73 Å². The number of alkyl halides is 5. The second-order valence-corrected chi connectivity index (χ2v) is 4.20. The van der Waals surface area contributed by atoms with Gasteiger partial charge >= 0.3 is 6.18 Å². The zero-order valence-electron chi connectivity index (χ0n) is 8.85. The summed E-state index contributed by atoms with van der Waals surface area (Å²) in [6.45, 7) is -0.406. The SMILES string of the molecule is Cn1nc(C(F)(F)F)cc1C1(CN)CC1(F)F. The van der Waals surface area contributed by atoms with Crippen molar-refractivity contribution < 1.29 is 22.0 Å². The van der Waals surface area contributed by atoms with Crippen LogP contribution in [-0.2, 0) is 18.6 Å². The van der Waals surface area contributed by atoms with Gasteiger partial charge in [0, 0.05) is 20.0 Å². The van der Waals surface area contributed by atoms with Gasteiger partial charge in [-0.25, -0.2) is 8.78 Å². The van der Waals surface area contributed by atoms with Crippen LogP contribution in [0.2, 0.25) is 0 Å². The average molecular weight is 255 g/mol. The molecular formula is C9H10F5N3. The van der Waals surface area contributed by atoms with Crippen molar-refractivity contribution in [1.29, 1.82) is 0 Å². The highest BCUT2D eigenvalue weighted by Crippen LogP contribution is 2.61. The molecule has 1 unspecified atom stereocenters. The van der Waals surface area contributed by atoms with Gasteiger partial charge in [-0.15, -0.1) is 0 Å². The van der Waals surface area contributed by atoms with Crippen LogP contribution in [0, 0.1) is 0 Å². The van der Waals surface area contributed by atoms with Crippen LogP contribution in [0.3, 0.4) is 0 Å².